The normalized spacial score (nSPS) is 12.0. The van der Waals surface area contributed by atoms with Gasteiger partial charge in [-0.2, -0.15) is 5.10 Å². The van der Waals surface area contributed by atoms with Gasteiger partial charge in [0.15, 0.2) is 5.82 Å². The molecule has 0 radical (unpaired) electrons. The Labute approximate surface area is 71.9 Å². The SMILES string of the molecule is CCCC(N)=Nc1[nH]ncc1C. The van der Waals surface area contributed by atoms with Gasteiger partial charge in [-0.15, -0.1) is 0 Å². The van der Waals surface area contributed by atoms with Crippen LogP contribution in [-0.2, 0) is 0 Å². The number of nitrogens with zero attached hydrogens (tertiary/aromatic N) is 2. The predicted octanol–water partition coefficient (Wildman–Crippen LogP) is 1.51. The lowest BCUT2D eigenvalue weighted by Crippen LogP contribution is -2.10. The number of H-pyrrole nitrogens is 1. The highest BCUT2D eigenvalue weighted by molar-refractivity contribution is 5.82. The van der Waals surface area contributed by atoms with Crippen LogP contribution in [0.25, 0.3) is 0 Å². The van der Waals surface area contributed by atoms with E-state index in [0.717, 1.165) is 24.2 Å². The number of amidine groups is 1. The van der Waals surface area contributed by atoms with Crippen molar-refractivity contribution in [1.29, 1.82) is 0 Å². The summed E-state index contributed by atoms with van der Waals surface area (Å²) in [5.41, 5.74) is 6.67. The maximum atomic E-state index is 5.65. The van der Waals surface area contributed by atoms with Gasteiger partial charge >= 0.3 is 0 Å². The fourth-order valence-corrected chi connectivity index (χ4v) is 0.908. The molecule has 1 rings (SSSR count). The van der Waals surface area contributed by atoms with Gasteiger partial charge in [0, 0.05) is 12.0 Å². The minimum Gasteiger partial charge on any atom is -0.387 e. The van der Waals surface area contributed by atoms with Gasteiger partial charge in [0.25, 0.3) is 0 Å². The molecule has 0 aliphatic carbocycles. The first-order valence-corrected chi connectivity index (χ1v) is 4.07. The van der Waals surface area contributed by atoms with Crippen LogP contribution >= 0.6 is 0 Å². The van der Waals surface area contributed by atoms with Crippen LogP contribution in [0.5, 0.6) is 0 Å². The van der Waals surface area contributed by atoms with Crippen LogP contribution in [0.2, 0.25) is 0 Å². The van der Waals surface area contributed by atoms with Gasteiger partial charge < -0.3 is 5.73 Å². The molecular weight excluding hydrogens is 152 g/mol. The lowest BCUT2D eigenvalue weighted by Gasteiger charge is -1.95. The molecule has 1 heterocycles. The van der Waals surface area contributed by atoms with Crippen molar-refractivity contribution >= 4 is 11.7 Å². The highest BCUT2D eigenvalue weighted by Crippen LogP contribution is 2.12. The first-order chi connectivity index (χ1) is 5.74. The van der Waals surface area contributed by atoms with Crippen molar-refractivity contribution in [3.05, 3.63) is 11.8 Å². The van der Waals surface area contributed by atoms with Crippen LogP contribution in [0, 0.1) is 6.92 Å². The topological polar surface area (TPSA) is 67.1 Å². The van der Waals surface area contributed by atoms with E-state index >= 15 is 0 Å². The number of rotatable bonds is 3. The van der Waals surface area contributed by atoms with E-state index in [-0.39, 0.29) is 0 Å². The fourth-order valence-electron chi connectivity index (χ4n) is 0.908. The van der Waals surface area contributed by atoms with E-state index in [1.807, 2.05) is 6.92 Å². The molecule has 4 nitrogen and oxygen atoms in total. The van der Waals surface area contributed by atoms with Gasteiger partial charge in [0.2, 0.25) is 0 Å². The lowest BCUT2D eigenvalue weighted by molar-refractivity contribution is 0.978. The second-order valence-electron chi connectivity index (χ2n) is 2.75. The smallest absolute Gasteiger partial charge is 0.152 e. The highest BCUT2D eigenvalue weighted by atomic mass is 15.2. The van der Waals surface area contributed by atoms with Gasteiger partial charge in [-0.05, 0) is 13.3 Å². The quantitative estimate of drug-likeness (QED) is 0.528. The Bertz CT molecular complexity index is 274. The highest BCUT2D eigenvalue weighted by Gasteiger charge is 1.97. The van der Waals surface area contributed by atoms with E-state index in [4.69, 9.17) is 5.73 Å². The zero-order valence-corrected chi connectivity index (χ0v) is 7.46. The van der Waals surface area contributed by atoms with Crippen LogP contribution in [0.1, 0.15) is 25.3 Å². The van der Waals surface area contributed by atoms with Crippen molar-refractivity contribution in [2.24, 2.45) is 10.7 Å². The minimum absolute atomic E-state index is 0.657. The molecule has 0 bridgehead atoms. The molecule has 0 aliphatic rings. The van der Waals surface area contributed by atoms with Gasteiger partial charge in [0.05, 0.1) is 6.20 Å². The predicted molar refractivity (Wildman–Crippen MR) is 49.5 cm³/mol. The van der Waals surface area contributed by atoms with E-state index < -0.39 is 0 Å². The van der Waals surface area contributed by atoms with E-state index in [1.54, 1.807) is 6.20 Å². The van der Waals surface area contributed by atoms with Crippen LogP contribution in [0.3, 0.4) is 0 Å². The summed E-state index contributed by atoms with van der Waals surface area (Å²) < 4.78 is 0. The molecule has 0 spiro atoms. The molecule has 4 heteroatoms. The van der Waals surface area contributed by atoms with Crippen LogP contribution in [0.15, 0.2) is 11.2 Å². The molecule has 1 aromatic heterocycles. The van der Waals surface area contributed by atoms with Crippen LogP contribution < -0.4 is 5.73 Å². The number of aryl methyl sites for hydroxylation is 1. The number of nitrogens with one attached hydrogen (secondary N) is 1. The maximum absolute atomic E-state index is 5.65. The number of aromatic amines is 1. The summed E-state index contributed by atoms with van der Waals surface area (Å²) in [4.78, 5) is 4.18. The molecular formula is C8H14N4. The number of aromatic nitrogens is 2. The molecule has 1 aromatic rings. The molecule has 12 heavy (non-hydrogen) atoms. The van der Waals surface area contributed by atoms with Crippen LogP contribution in [0.4, 0.5) is 5.82 Å². The van der Waals surface area contributed by atoms with Crippen molar-refractivity contribution < 1.29 is 0 Å². The first kappa shape index (κ1) is 8.77. The fraction of sp³-hybridized carbons (Fsp3) is 0.500. The summed E-state index contributed by atoms with van der Waals surface area (Å²) >= 11 is 0. The van der Waals surface area contributed by atoms with Crippen molar-refractivity contribution in [3.63, 3.8) is 0 Å². The van der Waals surface area contributed by atoms with E-state index in [1.165, 1.54) is 0 Å². The van der Waals surface area contributed by atoms with E-state index in [9.17, 15) is 0 Å². The molecule has 0 saturated heterocycles. The average molecular weight is 166 g/mol. The summed E-state index contributed by atoms with van der Waals surface area (Å²) in [6.45, 7) is 4.02. The first-order valence-electron chi connectivity index (χ1n) is 4.07. The Morgan fingerprint density at radius 2 is 2.50 bits per heavy atom. The molecule has 0 aromatic carbocycles. The van der Waals surface area contributed by atoms with E-state index in [2.05, 4.69) is 22.1 Å². The third kappa shape index (κ3) is 2.08. The molecule has 0 aliphatic heterocycles. The molecule has 0 atom stereocenters. The Hall–Kier alpha value is -1.32. The Morgan fingerprint density at radius 1 is 1.75 bits per heavy atom. The standard InChI is InChI=1S/C8H14N4/c1-3-4-7(9)11-8-6(2)5-10-12-8/h5H,3-4H2,1-2H3,(H3,9,10,11,12). The van der Waals surface area contributed by atoms with Crippen molar-refractivity contribution in [3.8, 4) is 0 Å². The van der Waals surface area contributed by atoms with Gasteiger partial charge in [-0.1, -0.05) is 6.92 Å². The maximum Gasteiger partial charge on any atom is 0.152 e. The summed E-state index contributed by atoms with van der Waals surface area (Å²) in [6, 6.07) is 0. The third-order valence-corrected chi connectivity index (χ3v) is 1.56. The lowest BCUT2D eigenvalue weighted by atomic mass is 10.3. The summed E-state index contributed by atoms with van der Waals surface area (Å²) in [7, 11) is 0. The van der Waals surface area contributed by atoms with Gasteiger partial charge in [-0.3, -0.25) is 5.10 Å². The number of hydrogen-bond acceptors (Lipinski definition) is 2. The Balaban J connectivity index is 2.73. The molecule has 66 valence electrons. The second kappa shape index (κ2) is 3.90. The summed E-state index contributed by atoms with van der Waals surface area (Å²) in [6.07, 6.45) is 3.58. The second-order valence-corrected chi connectivity index (χ2v) is 2.75. The largest absolute Gasteiger partial charge is 0.387 e. The zero-order valence-electron chi connectivity index (χ0n) is 7.46. The van der Waals surface area contributed by atoms with Crippen LogP contribution in [-0.4, -0.2) is 16.0 Å². The number of aliphatic imine (C=N–C) groups is 1. The molecule has 0 fully saturated rings. The van der Waals surface area contributed by atoms with Crippen molar-refractivity contribution in [2.45, 2.75) is 26.7 Å². The average Bonchev–Trinajstić information content (AvgIpc) is 2.37. The Kier molecular flexibility index (Phi) is 2.85. The Morgan fingerprint density at radius 3 is 3.00 bits per heavy atom. The number of hydrogen-bond donors (Lipinski definition) is 2. The molecule has 0 amide bonds. The molecule has 0 unspecified atom stereocenters. The summed E-state index contributed by atoms with van der Waals surface area (Å²) in [5, 5.41) is 6.62. The monoisotopic (exact) mass is 166 g/mol. The van der Waals surface area contributed by atoms with E-state index in [0.29, 0.717) is 5.84 Å². The van der Waals surface area contributed by atoms with Crippen molar-refractivity contribution in [1.82, 2.24) is 10.2 Å². The molecule has 0 saturated carbocycles. The van der Waals surface area contributed by atoms with Gasteiger partial charge in [0.1, 0.15) is 5.84 Å². The third-order valence-electron chi connectivity index (χ3n) is 1.56. The summed E-state index contributed by atoms with van der Waals surface area (Å²) in [5.74, 6) is 1.42. The zero-order chi connectivity index (χ0) is 8.97. The van der Waals surface area contributed by atoms with Gasteiger partial charge in [-0.25, -0.2) is 4.99 Å². The minimum atomic E-state index is 0.657. The number of nitrogens with two attached hydrogens (primary N) is 1. The van der Waals surface area contributed by atoms with Crippen molar-refractivity contribution in [2.75, 3.05) is 0 Å². The molecule has 3 N–H and O–H groups in total.